The highest BCUT2D eigenvalue weighted by Crippen LogP contribution is 2.32. The van der Waals surface area contributed by atoms with Crippen molar-refractivity contribution in [2.45, 2.75) is 20.0 Å². The first kappa shape index (κ1) is 14.1. The summed E-state index contributed by atoms with van der Waals surface area (Å²) >= 11 is 3.47. The maximum atomic E-state index is 10.5. The van der Waals surface area contributed by atoms with Gasteiger partial charge in [-0.2, -0.15) is 0 Å². The summed E-state index contributed by atoms with van der Waals surface area (Å²) in [6.45, 7) is 4.11. The molecule has 0 aliphatic heterocycles. The summed E-state index contributed by atoms with van der Waals surface area (Å²) in [5.74, 6) is 0.737. The van der Waals surface area contributed by atoms with Crippen LogP contribution in [0.25, 0.3) is 0 Å². The standard InChI is InChI=1S/C16H17BrO2/c1-10-4-5-12(8-11(10)2)16(18)14-9-13(19-3)6-7-15(14)17/h4-9,16,18H,1-3H3. The van der Waals surface area contributed by atoms with Gasteiger partial charge in [-0.1, -0.05) is 34.1 Å². The monoisotopic (exact) mass is 320 g/mol. The van der Waals surface area contributed by atoms with Gasteiger partial charge in [-0.3, -0.25) is 0 Å². The van der Waals surface area contributed by atoms with Crippen molar-refractivity contribution in [3.63, 3.8) is 0 Å². The third-order valence-electron chi connectivity index (χ3n) is 3.34. The molecule has 0 saturated carbocycles. The third-order valence-corrected chi connectivity index (χ3v) is 4.07. The van der Waals surface area contributed by atoms with E-state index in [9.17, 15) is 5.11 Å². The molecule has 1 unspecified atom stereocenters. The zero-order valence-electron chi connectivity index (χ0n) is 11.3. The van der Waals surface area contributed by atoms with Crippen molar-refractivity contribution in [3.8, 4) is 5.75 Å². The molecule has 0 aliphatic rings. The van der Waals surface area contributed by atoms with E-state index < -0.39 is 6.10 Å². The van der Waals surface area contributed by atoms with Gasteiger partial charge in [0.25, 0.3) is 0 Å². The molecule has 2 aromatic rings. The van der Waals surface area contributed by atoms with E-state index in [1.165, 1.54) is 11.1 Å². The van der Waals surface area contributed by atoms with Crippen LogP contribution in [0.15, 0.2) is 40.9 Å². The molecule has 0 fully saturated rings. The second-order valence-corrected chi connectivity index (χ2v) is 5.49. The Morgan fingerprint density at radius 3 is 2.42 bits per heavy atom. The van der Waals surface area contributed by atoms with Crippen molar-refractivity contribution in [1.29, 1.82) is 0 Å². The normalized spacial score (nSPS) is 12.3. The quantitative estimate of drug-likeness (QED) is 0.920. The molecule has 0 spiro atoms. The predicted molar refractivity (Wildman–Crippen MR) is 80.7 cm³/mol. The van der Waals surface area contributed by atoms with E-state index in [0.29, 0.717) is 0 Å². The average Bonchev–Trinajstić information content (AvgIpc) is 2.41. The van der Waals surface area contributed by atoms with Gasteiger partial charge in [-0.15, -0.1) is 0 Å². The molecular weight excluding hydrogens is 304 g/mol. The third kappa shape index (κ3) is 2.99. The Kier molecular flexibility index (Phi) is 4.27. The molecular formula is C16H17BrO2. The van der Waals surface area contributed by atoms with Gasteiger partial charge in [0.05, 0.1) is 7.11 Å². The van der Waals surface area contributed by atoms with E-state index in [4.69, 9.17) is 4.74 Å². The van der Waals surface area contributed by atoms with Crippen LogP contribution in [0.5, 0.6) is 5.75 Å². The molecule has 0 amide bonds. The van der Waals surface area contributed by atoms with Crippen LogP contribution in [0.1, 0.15) is 28.4 Å². The predicted octanol–water partition coefficient (Wildman–Crippen LogP) is 4.16. The lowest BCUT2D eigenvalue weighted by molar-refractivity contribution is 0.219. The number of hydrogen-bond acceptors (Lipinski definition) is 2. The van der Waals surface area contributed by atoms with E-state index >= 15 is 0 Å². The summed E-state index contributed by atoms with van der Waals surface area (Å²) in [5.41, 5.74) is 4.09. The topological polar surface area (TPSA) is 29.5 Å². The lowest BCUT2D eigenvalue weighted by Crippen LogP contribution is -2.02. The minimum Gasteiger partial charge on any atom is -0.497 e. The van der Waals surface area contributed by atoms with Gasteiger partial charge in [0.2, 0.25) is 0 Å². The van der Waals surface area contributed by atoms with Crippen LogP contribution in [-0.4, -0.2) is 12.2 Å². The minimum absolute atomic E-state index is 0.663. The molecule has 0 heterocycles. The van der Waals surface area contributed by atoms with Crippen molar-refractivity contribution < 1.29 is 9.84 Å². The van der Waals surface area contributed by atoms with E-state index in [2.05, 4.69) is 22.9 Å². The second kappa shape index (κ2) is 5.76. The minimum atomic E-state index is -0.663. The zero-order chi connectivity index (χ0) is 14.0. The number of aliphatic hydroxyl groups excluding tert-OH is 1. The van der Waals surface area contributed by atoms with Gasteiger partial charge in [0.15, 0.2) is 0 Å². The second-order valence-electron chi connectivity index (χ2n) is 4.63. The first-order chi connectivity index (χ1) is 9.02. The largest absolute Gasteiger partial charge is 0.497 e. The molecule has 0 bridgehead atoms. The molecule has 3 heteroatoms. The number of benzene rings is 2. The summed E-state index contributed by atoms with van der Waals surface area (Å²) in [7, 11) is 1.62. The van der Waals surface area contributed by atoms with E-state index in [1.807, 2.05) is 43.3 Å². The van der Waals surface area contributed by atoms with Crippen LogP contribution in [-0.2, 0) is 0 Å². The van der Waals surface area contributed by atoms with E-state index in [1.54, 1.807) is 7.11 Å². The zero-order valence-corrected chi connectivity index (χ0v) is 12.9. The number of rotatable bonds is 3. The lowest BCUT2D eigenvalue weighted by Gasteiger charge is -2.15. The molecule has 2 nitrogen and oxygen atoms in total. The average molecular weight is 321 g/mol. The molecule has 0 aromatic heterocycles. The van der Waals surface area contributed by atoms with Gasteiger partial charge in [-0.25, -0.2) is 0 Å². The van der Waals surface area contributed by atoms with Crippen molar-refractivity contribution in [3.05, 3.63) is 63.1 Å². The Morgan fingerprint density at radius 2 is 1.79 bits per heavy atom. The maximum absolute atomic E-state index is 10.5. The molecule has 2 aromatic carbocycles. The highest BCUT2D eigenvalue weighted by Gasteiger charge is 2.15. The molecule has 0 aliphatic carbocycles. The summed E-state index contributed by atoms with van der Waals surface area (Å²) in [6, 6.07) is 11.6. The SMILES string of the molecule is COc1ccc(Br)c(C(O)c2ccc(C)c(C)c2)c1. The molecule has 100 valence electrons. The molecule has 1 N–H and O–H groups in total. The lowest BCUT2D eigenvalue weighted by atomic mass is 9.98. The fourth-order valence-electron chi connectivity index (χ4n) is 1.97. The van der Waals surface area contributed by atoms with Crippen LogP contribution in [0.3, 0.4) is 0 Å². The van der Waals surface area contributed by atoms with Gasteiger partial charge in [-0.05, 0) is 48.7 Å². The van der Waals surface area contributed by atoms with Gasteiger partial charge in [0.1, 0.15) is 11.9 Å². The Morgan fingerprint density at radius 1 is 1.05 bits per heavy atom. The highest BCUT2D eigenvalue weighted by atomic mass is 79.9. The first-order valence-electron chi connectivity index (χ1n) is 6.11. The number of aryl methyl sites for hydroxylation is 2. The highest BCUT2D eigenvalue weighted by molar-refractivity contribution is 9.10. The van der Waals surface area contributed by atoms with Crippen molar-refractivity contribution in [1.82, 2.24) is 0 Å². The smallest absolute Gasteiger partial charge is 0.119 e. The first-order valence-corrected chi connectivity index (χ1v) is 6.91. The Labute approximate surface area is 122 Å². The molecule has 2 rings (SSSR count). The van der Waals surface area contributed by atoms with E-state index in [-0.39, 0.29) is 0 Å². The number of hydrogen-bond donors (Lipinski definition) is 1. The van der Waals surface area contributed by atoms with Crippen LogP contribution >= 0.6 is 15.9 Å². The van der Waals surface area contributed by atoms with Crippen LogP contribution in [0, 0.1) is 13.8 Å². The van der Waals surface area contributed by atoms with Gasteiger partial charge in [0, 0.05) is 10.0 Å². The van der Waals surface area contributed by atoms with Crippen LogP contribution in [0.2, 0.25) is 0 Å². The van der Waals surface area contributed by atoms with Gasteiger partial charge >= 0.3 is 0 Å². The van der Waals surface area contributed by atoms with Gasteiger partial charge < -0.3 is 9.84 Å². The molecule has 0 radical (unpaired) electrons. The maximum Gasteiger partial charge on any atom is 0.119 e. The fourth-order valence-corrected chi connectivity index (χ4v) is 2.44. The van der Waals surface area contributed by atoms with E-state index in [0.717, 1.165) is 21.3 Å². The Balaban J connectivity index is 2.42. The summed E-state index contributed by atoms with van der Waals surface area (Å²) < 4.78 is 6.08. The Hall–Kier alpha value is -1.32. The number of aliphatic hydroxyl groups is 1. The van der Waals surface area contributed by atoms with Crippen LogP contribution < -0.4 is 4.74 Å². The number of halogens is 1. The summed E-state index contributed by atoms with van der Waals surface area (Å²) in [5, 5.41) is 10.5. The number of ether oxygens (including phenoxy) is 1. The molecule has 0 saturated heterocycles. The fraction of sp³-hybridized carbons (Fsp3) is 0.250. The van der Waals surface area contributed by atoms with Crippen molar-refractivity contribution >= 4 is 15.9 Å². The van der Waals surface area contributed by atoms with Crippen LogP contribution in [0.4, 0.5) is 0 Å². The van der Waals surface area contributed by atoms with Crippen molar-refractivity contribution in [2.24, 2.45) is 0 Å². The summed E-state index contributed by atoms with van der Waals surface area (Å²) in [6.07, 6.45) is -0.663. The Bertz CT molecular complexity index is 593. The summed E-state index contributed by atoms with van der Waals surface area (Å²) in [4.78, 5) is 0. The molecule has 1 atom stereocenters. The molecule has 19 heavy (non-hydrogen) atoms. The van der Waals surface area contributed by atoms with Crippen molar-refractivity contribution in [2.75, 3.05) is 7.11 Å². The number of methoxy groups -OCH3 is 1.